The molecule has 0 aliphatic rings. The summed E-state index contributed by atoms with van der Waals surface area (Å²) in [4.78, 5) is 0. The summed E-state index contributed by atoms with van der Waals surface area (Å²) in [5.74, 6) is 1.20. The Morgan fingerprint density at radius 3 is 2.25 bits per heavy atom. The third-order valence-corrected chi connectivity index (χ3v) is 5.29. The smallest absolute Gasteiger partial charge is 0.163 e. The highest BCUT2D eigenvalue weighted by Crippen LogP contribution is 2.34. The van der Waals surface area contributed by atoms with E-state index in [0.717, 1.165) is 17.7 Å². The van der Waals surface area contributed by atoms with Crippen molar-refractivity contribution < 1.29 is 9.47 Å². The summed E-state index contributed by atoms with van der Waals surface area (Å²) < 4.78 is 11.4. The molecule has 1 N–H and O–H groups in total. The van der Waals surface area contributed by atoms with E-state index >= 15 is 0 Å². The monoisotopic (exact) mass is 435 g/mol. The van der Waals surface area contributed by atoms with Crippen LogP contribution in [0.25, 0.3) is 0 Å². The highest BCUT2D eigenvalue weighted by molar-refractivity contribution is 6.42. The highest BCUT2D eigenvalue weighted by atomic mass is 35.5. The standard InChI is InChI=1S/C22H20Cl3NO2/c1-27-21-10-17(13-26-12-15-5-3-2-4-6-15)19(24)11-22(21)28-14-16-7-8-18(23)20(25)9-16/h2-11,26H,12-14H2,1H3. The van der Waals surface area contributed by atoms with Crippen molar-refractivity contribution in [1.82, 2.24) is 5.32 Å². The van der Waals surface area contributed by atoms with Gasteiger partial charge in [0.1, 0.15) is 6.61 Å². The molecule has 0 aliphatic carbocycles. The van der Waals surface area contributed by atoms with E-state index in [1.54, 1.807) is 25.3 Å². The number of methoxy groups -OCH3 is 1. The lowest BCUT2D eigenvalue weighted by atomic mass is 10.1. The van der Waals surface area contributed by atoms with Crippen LogP contribution in [0.2, 0.25) is 15.1 Å². The van der Waals surface area contributed by atoms with Crippen LogP contribution < -0.4 is 14.8 Å². The van der Waals surface area contributed by atoms with Crippen LogP contribution in [-0.4, -0.2) is 7.11 Å². The molecule has 3 aromatic carbocycles. The van der Waals surface area contributed by atoms with Crippen molar-refractivity contribution in [1.29, 1.82) is 0 Å². The molecule has 0 bridgehead atoms. The maximum Gasteiger partial charge on any atom is 0.163 e. The zero-order chi connectivity index (χ0) is 19.9. The van der Waals surface area contributed by atoms with Gasteiger partial charge in [0.15, 0.2) is 11.5 Å². The third-order valence-electron chi connectivity index (χ3n) is 4.20. The first kappa shape index (κ1) is 20.8. The Kier molecular flexibility index (Phi) is 7.46. The van der Waals surface area contributed by atoms with E-state index in [1.807, 2.05) is 30.3 Å². The summed E-state index contributed by atoms with van der Waals surface area (Å²) >= 11 is 18.5. The molecule has 0 atom stereocenters. The molecule has 146 valence electrons. The summed E-state index contributed by atoms with van der Waals surface area (Å²) in [5.41, 5.74) is 3.06. The molecule has 3 aromatic rings. The fraction of sp³-hybridized carbons (Fsp3) is 0.182. The molecule has 0 saturated heterocycles. The molecule has 0 amide bonds. The van der Waals surface area contributed by atoms with Crippen LogP contribution in [0.1, 0.15) is 16.7 Å². The van der Waals surface area contributed by atoms with Crippen molar-refractivity contribution in [3.8, 4) is 11.5 Å². The van der Waals surface area contributed by atoms with Crippen molar-refractivity contribution in [3.05, 3.63) is 92.4 Å². The summed E-state index contributed by atoms with van der Waals surface area (Å²) in [6.45, 7) is 1.71. The van der Waals surface area contributed by atoms with E-state index in [4.69, 9.17) is 44.3 Å². The molecule has 3 nitrogen and oxygen atoms in total. The molecule has 6 heteroatoms. The Morgan fingerprint density at radius 2 is 1.54 bits per heavy atom. The molecular weight excluding hydrogens is 417 g/mol. The van der Waals surface area contributed by atoms with E-state index in [9.17, 15) is 0 Å². The molecule has 0 spiro atoms. The van der Waals surface area contributed by atoms with E-state index in [1.165, 1.54) is 5.56 Å². The normalized spacial score (nSPS) is 10.7. The number of rotatable bonds is 8. The predicted octanol–water partition coefficient (Wildman–Crippen LogP) is 6.52. The summed E-state index contributed by atoms with van der Waals surface area (Å²) in [7, 11) is 1.61. The fourth-order valence-electron chi connectivity index (χ4n) is 2.71. The van der Waals surface area contributed by atoms with Gasteiger partial charge in [-0.25, -0.2) is 0 Å². The van der Waals surface area contributed by atoms with Crippen molar-refractivity contribution in [2.24, 2.45) is 0 Å². The molecule has 0 aliphatic heterocycles. The number of hydrogen-bond acceptors (Lipinski definition) is 3. The average Bonchev–Trinajstić information content (AvgIpc) is 2.71. The van der Waals surface area contributed by atoms with Crippen LogP contribution in [0.5, 0.6) is 11.5 Å². The summed E-state index contributed by atoms with van der Waals surface area (Å²) in [6.07, 6.45) is 0. The van der Waals surface area contributed by atoms with Crippen LogP contribution in [0.3, 0.4) is 0 Å². The molecule has 0 aromatic heterocycles. The van der Waals surface area contributed by atoms with Gasteiger partial charge in [-0.05, 0) is 34.9 Å². The second-order valence-corrected chi connectivity index (χ2v) is 7.44. The minimum absolute atomic E-state index is 0.329. The Bertz CT molecular complexity index is 933. The maximum atomic E-state index is 6.45. The van der Waals surface area contributed by atoms with Crippen LogP contribution in [-0.2, 0) is 19.7 Å². The highest BCUT2D eigenvalue weighted by Gasteiger charge is 2.11. The van der Waals surface area contributed by atoms with Gasteiger partial charge in [0.2, 0.25) is 0 Å². The lowest BCUT2D eigenvalue weighted by Gasteiger charge is -2.15. The molecule has 0 unspecified atom stereocenters. The van der Waals surface area contributed by atoms with Gasteiger partial charge in [-0.1, -0.05) is 71.2 Å². The average molecular weight is 437 g/mol. The van der Waals surface area contributed by atoms with Gasteiger partial charge in [0.25, 0.3) is 0 Å². The lowest BCUT2D eigenvalue weighted by Crippen LogP contribution is -2.13. The zero-order valence-electron chi connectivity index (χ0n) is 15.3. The molecule has 3 rings (SSSR count). The van der Waals surface area contributed by atoms with Crippen LogP contribution >= 0.6 is 34.8 Å². The second-order valence-electron chi connectivity index (χ2n) is 6.22. The van der Waals surface area contributed by atoms with Gasteiger partial charge in [0, 0.05) is 24.2 Å². The lowest BCUT2D eigenvalue weighted by molar-refractivity contribution is 0.284. The Hall–Kier alpha value is -1.91. The Morgan fingerprint density at radius 1 is 0.750 bits per heavy atom. The van der Waals surface area contributed by atoms with Crippen molar-refractivity contribution >= 4 is 34.8 Å². The van der Waals surface area contributed by atoms with E-state index < -0.39 is 0 Å². The third kappa shape index (κ3) is 5.55. The molecule has 0 heterocycles. The number of benzene rings is 3. The minimum Gasteiger partial charge on any atom is -0.493 e. The first-order chi connectivity index (χ1) is 13.6. The van der Waals surface area contributed by atoms with Crippen LogP contribution in [0.15, 0.2) is 60.7 Å². The van der Waals surface area contributed by atoms with Crippen molar-refractivity contribution in [2.45, 2.75) is 19.7 Å². The SMILES string of the molecule is COc1cc(CNCc2ccccc2)c(Cl)cc1OCc1ccc(Cl)c(Cl)c1. The predicted molar refractivity (Wildman–Crippen MR) is 116 cm³/mol. The molecular formula is C22H20Cl3NO2. The molecule has 0 radical (unpaired) electrons. The van der Waals surface area contributed by atoms with Gasteiger partial charge < -0.3 is 14.8 Å². The van der Waals surface area contributed by atoms with Gasteiger partial charge in [-0.2, -0.15) is 0 Å². The fourth-order valence-corrected chi connectivity index (χ4v) is 3.25. The summed E-state index contributed by atoms with van der Waals surface area (Å²) in [5, 5.41) is 5.01. The van der Waals surface area contributed by atoms with Crippen LogP contribution in [0.4, 0.5) is 0 Å². The Balaban J connectivity index is 1.65. The van der Waals surface area contributed by atoms with Gasteiger partial charge in [0.05, 0.1) is 17.2 Å². The number of nitrogens with one attached hydrogen (secondary N) is 1. The topological polar surface area (TPSA) is 30.5 Å². The number of ether oxygens (including phenoxy) is 2. The first-order valence-corrected chi connectivity index (χ1v) is 9.88. The van der Waals surface area contributed by atoms with Crippen LogP contribution in [0, 0.1) is 0 Å². The number of halogens is 3. The van der Waals surface area contributed by atoms with E-state index in [2.05, 4.69) is 17.4 Å². The van der Waals surface area contributed by atoms with E-state index in [-0.39, 0.29) is 0 Å². The first-order valence-electron chi connectivity index (χ1n) is 8.74. The number of hydrogen-bond donors (Lipinski definition) is 1. The zero-order valence-corrected chi connectivity index (χ0v) is 17.6. The molecule has 0 saturated carbocycles. The van der Waals surface area contributed by atoms with E-state index in [0.29, 0.717) is 39.7 Å². The van der Waals surface area contributed by atoms with Gasteiger partial charge in [-0.15, -0.1) is 0 Å². The van der Waals surface area contributed by atoms with Gasteiger partial charge in [-0.3, -0.25) is 0 Å². The van der Waals surface area contributed by atoms with Crippen molar-refractivity contribution in [2.75, 3.05) is 7.11 Å². The minimum atomic E-state index is 0.329. The molecule has 28 heavy (non-hydrogen) atoms. The molecule has 0 fully saturated rings. The maximum absolute atomic E-state index is 6.45. The largest absolute Gasteiger partial charge is 0.493 e. The van der Waals surface area contributed by atoms with Crippen molar-refractivity contribution in [3.63, 3.8) is 0 Å². The van der Waals surface area contributed by atoms with Gasteiger partial charge >= 0.3 is 0 Å². The summed E-state index contributed by atoms with van der Waals surface area (Å²) in [6, 6.07) is 19.3. The second kappa shape index (κ2) is 10.0. The quantitative estimate of drug-likeness (QED) is 0.436. The Labute approximate surface area is 180 Å².